The number of pyridine rings is 1. The molecule has 6 nitrogen and oxygen atoms in total. The number of hydrogen-bond donors (Lipinski definition) is 0. The highest BCUT2D eigenvalue weighted by Gasteiger charge is 2.20. The molecule has 0 atom stereocenters. The van der Waals surface area contributed by atoms with Crippen molar-refractivity contribution in [3.05, 3.63) is 59.9 Å². The summed E-state index contributed by atoms with van der Waals surface area (Å²) in [6.45, 7) is 5.56. The molecule has 0 N–H and O–H groups in total. The molecule has 4 rings (SSSR count). The van der Waals surface area contributed by atoms with Crippen LogP contribution in [0, 0.1) is 0 Å². The first kappa shape index (κ1) is 19.8. The largest absolute Gasteiger partial charge is 0.383 e. The van der Waals surface area contributed by atoms with Crippen LogP contribution in [0.4, 0.5) is 5.82 Å². The van der Waals surface area contributed by atoms with Gasteiger partial charge in [-0.1, -0.05) is 23.7 Å². The summed E-state index contributed by atoms with van der Waals surface area (Å²) < 4.78 is 5.20. The Balaban J connectivity index is 1.64. The number of nitrogens with zero attached hydrogens (tertiary/aromatic N) is 5. The molecule has 2 aromatic heterocycles. The molecular weight excluding hydrogens is 386 g/mol. The summed E-state index contributed by atoms with van der Waals surface area (Å²) >= 11 is 6.07. The number of rotatable bonds is 6. The molecule has 7 heteroatoms. The van der Waals surface area contributed by atoms with E-state index in [1.807, 2.05) is 36.4 Å². The van der Waals surface area contributed by atoms with Gasteiger partial charge in [-0.05, 0) is 24.3 Å². The predicted molar refractivity (Wildman–Crippen MR) is 116 cm³/mol. The fraction of sp³-hybridized carbons (Fsp3) is 0.318. The Morgan fingerprint density at radius 2 is 1.79 bits per heavy atom. The van der Waals surface area contributed by atoms with Crippen LogP contribution in [-0.4, -0.2) is 66.3 Å². The fourth-order valence-corrected chi connectivity index (χ4v) is 3.54. The summed E-state index contributed by atoms with van der Waals surface area (Å²) in [5.41, 5.74) is 2.80. The zero-order valence-electron chi connectivity index (χ0n) is 16.5. The lowest BCUT2D eigenvalue weighted by Gasteiger charge is -2.35. The Kier molecular flexibility index (Phi) is 6.34. The molecule has 3 aromatic rings. The number of aromatic nitrogens is 3. The number of halogens is 1. The summed E-state index contributed by atoms with van der Waals surface area (Å²) in [7, 11) is 1.75. The molecular formula is C22H24ClN5O. The summed E-state index contributed by atoms with van der Waals surface area (Å²) in [6.07, 6.45) is 3.56. The van der Waals surface area contributed by atoms with Crippen LogP contribution < -0.4 is 4.90 Å². The Morgan fingerprint density at radius 3 is 2.48 bits per heavy atom. The molecule has 1 aromatic carbocycles. The quantitative estimate of drug-likeness (QED) is 0.619. The molecule has 0 spiro atoms. The van der Waals surface area contributed by atoms with Crippen LogP contribution in [0.5, 0.6) is 0 Å². The van der Waals surface area contributed by atoms with Gasteiger partial charge in [-0.15, -0.1) is 0 Å². The van der Waals surface area contributed by atoms with E-state index in [9.17, 15) is 0 Å². The van der Waals surface area contributed by atoms with Crippen molar-refractivity contribution in [2.45, 2.75) is 0 Å². The van der Waals surface area contributed by atoms with Crippen molar-refractivity contribution in [2.24, 2.45) is 0 Å². The fourth-order valence-electron chi connectivity index (χ4n) is 3.41. The monoisotopic (exact) mass is 409 g/mol. The summed E-state index contributed by atoms with van der Waals surface area (Å²) in [5, 5.41) is 0.711. The normalized spacial score (nSPS) is 14.9. The average molecular weight is 410 g/mol. The van der Waals surface area contributed by atoms with E-state index in [2.05, 4.69) is 20.9 Å². The standard InChI is InChI=1S/C22H24ClN5O/c1-29-14-13-27-9-11-28(12-10-27)21-15-20(17-4-6-19(23)7-5-17)25-22(26-21)18-3-2-8-24-16-18/h2-8,15-16H,9-14H2,1H3. The molecule has 0 radical (unpaired) electrons. The van der Waals surface area contributed by atoms with Crippen molar-refractivity contribution in [3.63, 3.8) is 0 Å². The third kappa shape index (κ3) is 4.90. The molecule has 0 bridgehead atoms. The maximum Gasteiger partial charge on any atom is 0.163 e. The summed E-state index contributed by atoms with van der Waals surface area (Å²) in [5.74, 6) is 1.62. The Bertz CT molecular complexity index is 928. The minimum Gasteiger partial charge on any atom is -0.383 e. The highest BCUT2D eigenvalue weighted by atomic mass is 35.5. The van der Waals surface area contributed by atoms with Gasteiger partial charge in [-0.3, -0.25) is 9.88 Å². The first-order valence-electron chi connectivity index (χ1n) is 9.74. The van der Waals surface area contributed by atoms with E-state index in [0.29, 0.717) is 10.8 Å². The average Bonchev–Trinajstić information content (AvgIpc) is 2.79. The van der Waals surface area contributed by atoms with E-state index in [1.165, 1.54) is 0 Å². The lowest BCUT2D eigenvalue weighted by molar-refractivity contribution is 0.144. The van der Waals surface area contributed by atoms with Crippen LogP contribution in [0.25, 0.3) is 22.6 Å². The molecule has 1 aliphatic rings. The first-order valence-corrected chi connectivity index (χ1v) is 10.1. The third-order valence-electron chi connectivity index (χ3n) is 5.08. The van der Waals surface area contributed by atoms with E-state index >= 15 is 0 Å². The van der Waals surface area contributed by atoms with Gasteiger partial charge in [0.15, 0.2) is 5.82 Å². The second-order valence-electron chi connectivity index (χ2n) is 7.01. The maximum atomic E-state index is 6.07. The van der Waals surface area contributed by atoms with Crippen molar-refractivity contribution in [1.82, 2.24) is 19.9 Å². The number of methoxy groups -OCH3 is 1. The van der Waals surface area contributed by atoms with E-state index in [4.69, 9.17) is 26.3 Å². The minimum absolute atomic E-state index is 0.683. The van der Waals surface area contributed by atoms with Crippen molar-refractivity contribution in [1.29, 1.82) is 0 Å². The topological polar surface area (TPSA) is 54.4 Å². The van der Waals surface area contributed by atoms with Crippen molar-refractivity contribution < 1.29 is 4.74 Å². The van der Waals surface area contributed by atoms with Crippen molar-refractivity contribution in [3.8, 4) is 22.6 Å². The number of piperazine rings is 1. The number of anilines is 1. The lowest BCUT2D eigenvalue weighted by atomic mass is 10.1. The van der Waals surface area contributed by atoms with Gasteiger partial charge in [-0.25, -0.2) is 9.97 Å². The molecule has 150 valence electrons. The van der Waals surface area contributed by atoms with Gasteiger partial charge in [0.25, 0.3) is 0 Å². The van der Waals surface area contributed by atoms with Crippen LogP contribution in [0.3, 0.4) is 0 Å². The van der Waals surface area contributed by atoms with Gasteiger partial charge in [-0.2, -0.15) is 0 Å². The third-order valence-corrected chi connectivity index (χ3v) is 5.33. The molecule has 1 saturated heterocycles. The summed E-state index contributed by atoms with van der Waals surface area (Å²) in [4.78, 5) is 18.6. The highest BCUT2D eigenvalue weighted by Crippen LogP contribution is 2.27. The number of hydrogen-bond acceptors (Lipinski definition) is 6. The van der Waals surface area contributed by atoms with Crippen LogP contribution in [-0.2, 0) is 4.74 Å². The van der Waals surface area contributed by atoms with Crippen molar-refractivity contribution in [2.75, 3.05) is 51.3 Å². The van der Waals surface area contributed by atoms with Gasteiger partial charge in [0.05, 0.1) is 12.3 Å². The van der Waals surface area contributed by atoms with E-state index in [-0.39, 0.29) is 0 Å². The Morgan fingerprint density at radius 1 is 1.00 bits per heavy atom. The molecule has 1 aliphatic heterocycles. The van der Waals surface area contributed by atoms with E-state index < -0.39 is 0 Å². The highest BCUT2D eigenvalue weighted by molar-refractivity contribution is 6.30. The van der Waals surface area contributed by atoms with Gasteiger partial charge < -0.3 is 9.64 Å². The predicted octanol–water partition coefficient (Wildman–Crippen LogP) is 3.63. The summed E-state index contributed by atoms with van der Waals surface area (Å²) in [6, 6.07) is 13.7. The van der Waals surface area contributed by atoms with Gasteiger partial charge >= 0.3 is 0 Å². The Hall–Kier alpha value is -2.54. The molecule has 3 heterocycles. The van der Waals surface area contributed by atoms with Crippen LogP contribution in [0.15, 0.2) is 54.9 Å². The van der Waals surface area contributed by atoms with Crippen LogP contribution in [0.2, 0.25) is 5.02 Å². The van der Waals surface area contributed by atoms with E-state index in [1.54, 1.807) is 19.5 Å². The molecule has 0 saturated carbocycles. The first-order chi connectivity index (χ1) is 14.2. The second kappa shape index (κ2) is 9.31. The zero-order valence-corrected chi connectivity index (χ0v) is 17.2. The smallest absolute Gasteiger partial charge is 0.163 e. The number of ether oxygens (including phenoxy) is 1. The van der Waals surface area contributed by atoms with Gasteiger partial charge in [0.2, 0.25) is 0 Å². The molecule has 1 fully saturated rings. The van der Waals surface area contributed by atoms with Crippen LogP contribution in [0.1, 0.15) is 0 Å². The molecule has 29 heavy (non-hydrogen) atoms. The van der Waals surface area contributed by atoms with Gasteiger partial charge in [0, 0.05) is 74.4 Å². The number of benzene rings is 1. The van der Waals surface area contributed by atoms with Gasteiger partial charge in [0.1, 0.15) is 5.82 Å². The minimum atomic E-state index is 0.683. The van der Waals surface area contributed by atoms with Crippen molar-refractivity contribution >= 4 is 17.4 Å². The SMILES string of the molecule is COCCN1CCN(c2cc(-c3ccc(Cl)cc3)nc(-c3cccnc3)n2)CC1. The second-order valence-corrected chi connectivity index (χ2v) is 7.44. The zero-order chi connectivity index (χ0) is 20.1. The Labute approximate surface area is 176 Å². The molecule has 0 amide bonds. The maximum absolute atomic E-state index is 6.07. The molecule has 0 aliphatic carbocycles. The van der Waals surface area contributed by atoms with Crippen LogP contribution >= 0.6 is 11.6 Å². The molecule has 0 unspecified atom stereocenters. The van der Waals surface area contributed by atoms with E-state index in [0.717, 1.165) is 62.0 Å². The lowest BCUT2D eigenvalue weighted by Crippen LogP contribution is -2.47.